The highest BCUT2D eigenvalue weighted by atomic mass is 32.1. The van der Waals surface area contributed by atoms with Gasteiger partial charge in [-0.15, -0.1) is 11.3 Å². The number of fused-ring (bicyclic) bond motifs is 3. The van der Waals surface area contributed by atoms with Crippen molar-refractivity contribution in [3.05, 3.63) is 140 Å². The van der Waals surface area contributed by atoms with Gasteiger partial charge in [-0.1, -0.05) is 115 Å². The maximum atomic E-state index is 6.65. The topological polar surface area (TPSA) is 0 Å². The standard InChI is InChI=1S/C36H23BS/c37-34-23-31(29-16-8-14-27(20-29)25-11-5-2-6-12-25)22-33-32-21-30(17-18-35(32)38-36(33)34)28-15-7-13-26(19-28)24-9-3-1-4-10-24/h1-23H. The fourth-order valence-corrected chi connectivity index (χ4v) is 6.36. The molecule has 2 radical (unpaired) electrons. The van der Waals surface area contributed by atoms with Crippen molar-refractivity contribution in [1.82, 2.24) is 0 Å². The van der Waals surface area contributed by atoms with E-state index >= 15 is 0 Å². The van der Waals surface area contributed by atoms with Gasteiger partial charge in [-0.25, -0.2) is 0 Å². The van der Waals surface area contributed by atoms with Gasteiger partial charge in [0.2, 0.25) is 0 Å². The second-order valence-electron chi connectivity index (χ2n) is 9.65. The average molecular weight is 498 g/mol. The van der Waals surface area contributed by atoms with Crippen LogP contribution in [-0.4, -0.2) is 7.85 Å². The van der Waals surface area contributed by atoms with Crippen LogP contribution < -0.4 is 5.46 Å². The molecule has 6 aromatic carbocycles. The van der Waals surface area contributed by atoms with Gasteiger partial charge in [-0.05, 0) is 74.8 Å². The van der Waals surface area contributed by atoms with Gasteiger partial charge in [0, 0.05) is 20.2 Å². The lowest BCUT2D eigenvalue weighted by Crippen LogP contribution is -2.02. The molecule has 0 spiro atoms. The molecule has 0 fully saturated rings. The quantitative estimate of drug-likeness (QED) is 0.212. The fourth-order valence-electron chi connectivity index (χ4n) is 5.27. The van der Waals surface area contributed by atoms with Gasteiger partial charge in [0.25, 0.3) is 0 Å². The minimum absolute atomic E-state index is 0.830. The Kier molecular flexibility index (Phi) is 5.68. The monoisotopic (exact) mass is 498 g/mol. The Morgan fingerprint density at radius 1 is 0.368 bits per heavy atom. The van der Waals surface area contributed by atoms with Crippen molar-refractivity contribution < 1.29 is 0 Å². The molecule has 1 heterocycles. The summed E-state index contributed by atoms with van der Waals surface area (Å²) in [4.78, 5) is 0. The summed E-state index contributed by atoms with van der Waals surface area (Å²) in [5.74, 6) is 0. The van der Waals surface area contributed by atoms with Crippen LogP contribution >= 0.6 is 11.3 Å². The van der Waals surface area contributed by atoms with Crippen LogP contribution in [-0.2, 0) is 0 Å². The van der Waals surface area contributed by atoms with E-state index in [4.69, 9.17) is 7.85 Å². The first kappa shape index (κ1) is 22.8. The molecule has 38 heavy (non-hydrogen) atoms. The second kappa shape index (κ2) is 9.48. The third-order valence-electron chi connectivity index (χ3n) is 7.21. The Hall–Kier alpha value is -4.40. The van der Waals surface area contributed by atoms with Crippen molar-refractivity contribution in [2.75, 3.05) is 0 Å². The summed E-state index contributed by atoms with van der Waals surface area (Å²) >= 11 is 1.77. The number of rotatable bonds is 4. The van der Waals surface area contributed by atoms with E-state index < -0.39 is 0 Å². The van der Waals surface area contributed by atoms with Gasteiger partial charge in [0.1, 0.15) is 7.85 Å². The minimum Gasteiger partial charge on any atom is -0.136 e. The van der Waals surface area contributed by atoms with Gasteiger partial charge in [0.05, 0.1) is 0 Å². The highest BCUT2D eigenvalue weighted by Crippen LogP contribution is 2.38. The van der Waals surface area contributed by atoms with Gasteiger partial charge < -0.3 is 0 Å². The molecular formula is C36H23BS. The lowest BCUT2D eigenvalue weighted by atomic mass is 9.89. The van der Waals surface area contributed by atoms with E-state index in [1.807, 2.05) is 0 Å². The van der Waals surface area contributed by atoms with Crippen LogP contribution in [0.15, 0.2) is 140 Å². The molecule has 0 bridgehead atoms. The lowest BCUT2D eigenvalue weighted by molar-refractivity contribution is 1.60. The molecule has 7 rings (SSSR count). The van der Waals surface area contributed by atoms with E-state index in [1.165, 1.54) is 54.4 Å². The predicted octanol–water partition coefficient (Wildman–Crippen LogP) is 9.52. The van der Waals surface area contributed by atoms with E-state index in [-0.39, 0.29) is 0 Å². The minimum atomic E-state index is 0.830. The lowest BCUT2D eigenvalue weighted by Gasteiger charge is -2.09. The van der Waals surface area contributed by atoms with Crippen LogP contribution in [0.2, 0.25) is 0 Å². The van der Waals surface area contributed by atoms with Crippen molar-refractivity contribution in [3.63, 3.8) is 0 Å². The van der Waals surface area contributed by atoms with Crippen LogP contribution in [0.4, 0.5) is 0 Å². The average Bonchev–Trinajstić information content (AvgIpc) is 3.37. The molecule has 0 N–H and O–H groups in total. The molecule has 0 aliphatic carbocycles. The maximum Gasteiger partial charge on any atom is 0.115 e. The maximum absolute atomic E-state index is 6.65. The van der Waals surface area contributed by atoms with Crippen molar-refractivity contribution in [3.8, 4) is 44.5 Å². The Bertz CT molecular complexity index is 1920. The molecule has 0 amide bonds. The molecule has 0 saturated heterocycles. The predicted molar refractivity (Wildman–Crippen MR) is 166 cm³/mol. The molecule has 0 aliphatic heterocycles. The SMILES string of the molecule is [B]c1cc(-c2cccc(-c3ccccc3)c2)cc2c1sc1ccc(-c3cccc(-c4ccccc4)c3)cc12. The van der Waals surface area contributed by atoms with Gasteiger partial charge >= 0.3 is 0 Å². The van der Waals surface area contributed by atoms with Gasteiger partial charge in [-0.3, -0.25) is 0 Å². The van der Waals surface area contributed by atoms with Crippen LogP contribution in [0.5, 0.6) is 0 Å². The van der Waals surface area contributed by atoms with Crippen LogP contribution in [0, 0.1) is 0 Å². The van der Waals surface area contributed by atoms with Crippen molar-refractivity contribution >= 4 is 44.8 Å². The molecule has 0 aliphatic rings. The van der Waals surface area contributed by atoms with E-state index in [0.29, 0.717) is 0 Å². The second-order valence-corrected chi connectivity index (χ2v) is 10.7. The molecule has 0 nitrogen and oxygen atoms in total. The van der Waals surface area contributed by atoms with E-state index in [1.54, 1.807) is 11.3 Å². The summed E-state index contributed by atoms with van der Waals surface area (Å²) in [5.41, 5.74) is 10.4. The van der Waals surface area contributed by atoms with Gasteiger partial charge in [0.15, 0.2) is 0 Å². The molecule has 0 unspecified atom stereocenters. The molecule has 2 heteroatoms. The smallest absolute Gasteiger partial charge is 0.115 e. The van der Waals surface area contributed by atoms with Crippen LogP contribution in [0.1, 0.15) is 0 Å². The summed E-state index contributed by atoms with van der Waals surface area (Å²) in [6, 6.07) is 49.8. The third-order valence-corrected chi connectivity index (χ3v) is 8.44. The summed E-state index contributed by atoms with van der Waals surface area (Å²) in [5, 5.41) is 2.46. The first-order valence-electron chi connectivity index (χ1n) is 12.8. The summed E-state index contributed by atoms with van der Waals surface area (Å²) in [6.45, 7) is 0. The van der Waals surface area contributed by atoms with Crippen LogP contribution in [0.3, 0.4) is 0 Å². The largest absolute Gasteiger partial charge is 0.136 e. The zero-order valence-corrected chi connectivity index (χ0v) is 21.6. The molecular weight excluding hydrogens is 475 g/mol. The van der Waals surface area contributed by atoms with Crippen LogP contribution in [0.25, 0.3) is 64.7 Å². The Balaban J connectivity index is 1.34. The Morgan fingerprint density at radius 2 is 0.842 bits per heavy atom. The third kappa shape index (κ3) is 4.14. The molecule has 1 aromatic heterocycles. The van der Waals surface area contributed by atoms with Crippen molar-refractivity contribution in [2.24, 2.45) is 0 Å². The van der Waals surface area contributed by atoms with Crippen molar-refractivity contribution in [2.45, 2.75) is 0 Å². The molecule has 0 saturated carbocycles. The Labute approximate surface area is 228 Å². The summed E-state index contributed by atoms with van der Waals surface area (Å²) < 4.78 is 2.41. The summed E-state index contributed by atoms with van der Waals surface area (Å²) in [7, 11) is 6.65. The first-order chi connectivity index (χ1) is 18.7. The normalized spacial score (nSPS) is 11.3. The zero-order valence-electron chi connectivity index (χ0n) is 20.8. The molecule has 176 valence electrons. The number of thiophene rings is 1. The highest BCUT2D eigenvalue weighted by molar-refractivity contribution is 7.26. The summed E-state index contributed by atoms with van der Waals surface area (Å²) in [6.07, 6.45) is 0. The molecule has 7 aromatic rings. The fraction of sp³-hybridized carbons (Fsp3) is 0. The van der Waals surface area contributed by atoms with E-state index in [2.05, 4.69) is 140 Å². The van der Waals surface area contributed by atoms with E-state index in [0.717, 1.165) is 15.7 Å². The van der Waals surface area contributed by atoms with Gasteiger partial charge in [-0.2, -0.15) is 0 Å². The number of hydrogen-bond donors (Lipinski definition) is 0. The number of benzene rings is 6. The first-order valence-corrected chi connectivity index (χ1v) is 13.6. The molecule has 0 atom stereocenters. The zero-order chi connectivity index (χ0) is 25.5. The highest BCUT2D eigenvalue weighted by Gasteiger charge is 2.12. The van der Waals surface area contributed by atoms with Crippen molar-refractivity contribution in [1.29, 1.82) is 0 Å². The number of hydrogen-bond acceptors (Lipinski definition) is 1. The van der Waals surface area contributed by atoms with E-state index in [9.17, 15) is 0 Å². The Morgan fingerprint density at radius 3 is 1.45 bits per heavy atom.